The van der Waals surface area contributed by atoms with Crippen molar-refractivity contribution < 1.29 is 23.4 Å². The number of amides is 1. The second-order valence-electron chi connectivity index (χ2n) is 6.96. The van der Waals surface area contributed by atoms with Crippen molar-refractivity contribution in [2.75, 3.05) is 6.79 Å². The Hall–Kier alpha value is -2.70. The summed E-state index contributed by atoms with van der Waals surface area (Å²) in [7, 11) is 0. The standard InChI is InChI=1S/C20H24N2O5/c1-3-18-21-12(2)19(27-18)20(23)22-13-4-6-14(7-5-13)26-15-8-9-16-17(10-15)25-11-24-16/h8-10,13-14H,3-7,11H2,1-2H3,(H,22,23). The number of oxazole rings is 1. The topological polar surface area (TPSA) is 82.8 Å². The molecule has 7 nitrogen and oxygen atoms in total. The molecule has 0 bridgehead atoms. The van der Waals surface area contributed by atoms with Gasteiger partial charge in [-0.2, -0.15) is 0 Å². The van der Waals surface area contributed by atoms with Gasteiger partial charge in [-0.25, -0.2) is 4.98 Å². The van der Waals surface area contributed by atoms with Crippen molar-refractivity contribution in [3.63, 3.8) is 0 Å². The number of carbonyl (C=O) groups excluding carboxylic acids is 1. The van der Waals surface area contributed by atoms with Crippen molar-refractivity contribution in [2.24, 2.45) is 0 Å². The van der Waals surface area contributed by atoms with Gasteiger partial charge >= 0.3 is 0 Å². The van der Waals surface area contributed by atoms with Gasteiger partial charge in [-0.3, -0.25) is 4.79 Å². The van der Waals surface area contributed by atoms with Crippen molar-refractivity contribution in [3.05, 3.63) is 35.5 Å². The Morgan fingerprint density at radius 2 is 2.00 bits per heavy atom. The Bertz CT molecular complexity index is 824. The van der Waals surface area contributed by atoms with E-state index in [4.69, 9.17) is 18.6 Å². The van der Waals surface area contributed by atoms with E-state index in [1.807, 2.05) is 25.1 Å². The fourth-order valence-electron chi connectivity index (χ4n) is 3.53. The van der Waals surface area contributed by atoms with Gasteiger partial charge in [0.25, 0.3) is 5.91 Å². The third-order valence-corrected chi connectivity index (χ3v) is 5.01. The van der Waals surface area contributed by atoms with Gasteiger partial charge in [0.2, 0.25) is 12.6 Å². The summed E-state index contributed by atoms with van der Waals surface area (Å²) in [5, 5.41) is 3.07. The third kappa shape index (κ3) is 3.86. The van der Waals surface area contributed by atoms with E-state index in [2.05, 4.69) is 10.3 Å². The number of benzene rings is 1. The normalized spacial score (nSPS) is 21.1. The Labute approximate surface area is 158 Å². The van der Waals surface area contributed by atoms with Crippen molar-refractivity contribution >= 4 is 5.91 Å². The molecule has 2 heterocycles. The number of rotatable bonds is 5. The van der Waals surface area contributed by atoms with Gasteiger partial charge in [0.05, 0.1) is 11.8 Å². The van der Waals surface area contributed by atoms with Crippen molar-refractivity contribution in [2.45, 2.75) is 58.1 Å². The summed E-state index contributed by atoms with van der Waals surface area (Å²) in [6.45, 7) is 4.01. The molecule has 0 atom stereocenters. The monoisotopic (exact) mass is 372 g/mol. The van der Waals surface area contributed by atoms with E-state index in [1.54, 1.807) is 6.92 Å². The molecule has 0 unspecified atom stereocenters. The van der Waals surface area contributed by atoms with Crippen LogP contribution in [0.2, 0.25) is 0 Å². The first-order chi connectivity index (χ1) is 13.1. The number of ether oxygens (including phenoxy) is 3. The highest BCUT2D eigenvalue weighted by Gasteiger charge is 2.26. The molecule has 1 aliphatic carbocycles. The summed E-state index contributed by atoms with van der Waals surface area (Å²) >= 11 is 0. The second-order valence-corrected chi connectivity index (χ2v) is 6.96. The molecule has 2 aliphatic rings. The lowest BCUT2D eigenvalue weighted by Gasteiger charge is -2.29. The highest BCUT2D eigenvalue weighted by molar-refractivity contribution is 5.92. The third-order valence-electron chi connectivity index (χ3n) is 5.01. The zero-order chi connectivity index (χ0) is 18.8. The van der Waals surface area contributed by atoms with Gasteiger partial charge in [-0.05, 0) is 44.7 Å². The molecular formula is C20H24N2O5. The lowest BCUT2D eigenvalue weighted by Crippen LogP contribution is -2.39. The number of aromatic nitrogens is 1. The van der Waals surface area contributed by atoms with E-state index >= 15 is 0 Å². The SMILES string of the molecule is CCc1nc(C)c(C(=O)NC2CCC(Oc3ccc4c(c3)OCO4)CC2)o1. The van der Waals surface area contributed by atoms with Crippen LogP contribution in [0.5, 0.6) is 17.2 Å². The average molecular weight is 372 g/mol. The van der Waals surface area contributed by atoms with E-state index < -0.39 is 0 Å². The first-order valence-electron chi connectivity index (χ1n) is 9.46. The quantitative estimate of drug-likeness (QED) is 0.866. The molecular weight excluding hydrogens is 348 g/mol. The van der Waals surface area contributed by atoms with Crippen LogP contribution in [0.1, 0.15) is 54.7 Å². The van der Waals surface area contributed by atoms with Crippen LogP contribution in [0.25, 0.3) is 0 Å². The minimum atomic E-state index is -0.181. The molecule has 27 heavy (non-hydrogen) atoms. The van der Waals surface area contributed by atoms with E-state index in [0.717, 1.165) is 42.9 Å². The van der Waals surface area contributed by atoms with Crippen molar-refractivity contribution in [3.8, 4) is 17.2 Å². The fraction of sp³-hybridized carbons (Fsp3) is 0.500. The van der Waals surface area contributed by atoms with E-state index in [0.29, 0.717) is 23.8 Å². The number of nitrogens with one attached hydrogen (secondary N) is 1. The zero-order valence-corrected chi connectivity index (χ0v) is 15.6. The van der Waals surface area contributed by atoms with Crippen LogP contribution in [0.4, 0.5) is 0 Å². The highest BCUT2D eigenvalue weighted by Crippen LogP contribution is 2.36. The Kier molecular flexibility index (Phi) is 4.92. The molecule has 144 valence electrons. The predicted octanol–water partition coefficient (Wildman–Crippen LogP) is 3.39. The lowest BCUT2D eigenvalue weighted by atomic mass is 9.93. The maximum Gasteiger partial charge on any atom is 0.289 e. The number of carbonyl (C=O) groups is 1. The Balaban J connectivity index is 1.28. The van der Waals surface area contributed by atoms with Crippen LogP contribution in [-0.2, 0) is 6.42 Å². The van der Waals surface area contributed by atoms with Crippen LogP contribution in [0.15, 0.2) is 22.6 Å². The number of fused-ring (bicyclic) bond motifs is 1. The van der Waals surface area contributed by atoms with E-state index in [9.17, 15) is 4.79 Å². The Morgan fingerprint density at radius 1 is 1.22 bits per heavy atom. The predicted molar refractivity (Wildman–Crippen MR) is 97.3 cm³/mol. The van der Waals surface area contributed by atoms with Crippen LogP contribution in [-0.4, -0.2) is 29.8 Å². The molecule has 1 aliphatic heterocycles. The number of hydrogen-bond acceptors (Lipinski definition) is 6. The first kappa shape index (κ1) is 17.7. The van der Waals surface area contributed by atoms with Crippen molar-refractivity contribution in [1.29, 1.82) is 0 Å². The molecule has 4 rings (SSSR count). The van der Waals surface area contributed by atoms with Crippen molar-refractivity contribution in [1.82, 2.24) is 10.3 Å². The maximum atomic E-state index is 12.4. The first-order valence-corrected chi connectivity index (χ1v) is 9.46. The number of nitrogens with zero attached hydrogens (tertiary/aromatic N) is 1. The maximum absolute atomic E-state index is 12.4. The summed E-state index contributed by atoms with van der Waals surface area (Å²) in [6, 6.07) is 5.77. The van der Waals surface area contributed by atoms with Crippen LogP contribution < -0.4 is 19.5 Å². The second kappa shape index (κ2) is 7.50. The van der Waals surface area contributed by atoms with Crippen LogP contribution in [0.3, 0.4) is 0 Å². The van der Waals surface area contributed by atoms with Gasteiger partial charge in [0, 0.05) is 18.5 Å². The molecule has 0 radical (unpaired) electrons. The largest absolute Gasteiger partial charge is 0.490 e. The summed E-state index contributed by atoms with van der Waals surface area (Å²) in [5.74, 6) is 3.00. The summed E-state index contributed by atoms with van der Waals surface area (Å²) < 4.78 is 22.3. The molecule has 0 saturated heterocycles. The molecule has 1 N–H and O–H groups in total. The molecule has 1 fully saturated rings. The number of aryl methyl sites for hydroxylation is 2. The highest BCUT2D eigenvalue weighted by atomic mass is 16.7. The lowest BCUT2D eigenvalue weighted by molar-refractivity contribution is 0.0864. The van der Waals surface area contributed by atoms with Gasteiger partial charge in [-0.1, -0.05) is 6.92 Å². The fourth-order valence-corrected chi connectivity index (χ4v) is 3.53. The molecule has 1 aromatic heterocycles. The zero-order valence-electron chi connectivity index (χ0n) is 15.6. The minimum absolute atomic E-state index is 0.128. The molecule has 1 saturated carbocycles. The molecule has 2 aromatic rings. The van der Waals surface area contributed by atoms with Crippen LogP contribution in [0, 0.1) is 6.92 Å². The van der Waals surface area contributed by atoms with Gasteiger partial charge in [0.1, 0.15) is 5.75 Å². The molecule has 1 amide bonds. The average Bonchev–Trinajstić information content (AvgIpc) is 3.29. The summed E-state index contributed by atoms with van der Waals surface area (Å²) in [4.78, 5) is 16.7. The van der Waals surface area contributed by atoms with Crippen LogP contribution >= 0.6 is 0 Å². The van der Waals surface area contributed by atoms with Gasteiger partial charge in [0.15, 0.2) is 17.4 Å². The summed E-state index contributed by atoms with van der Waals surface area (Å²) in [5.41, 5.74) is 0.643. The molecule has 1 aromatic carbocycles. The van der Waals surface area contributed by atoms with Gasteiger partial charge in [-0.15, -0.1) is 0 Å². The van der Waals surface area contributed by atoms with E-state index in [-0.39, 0.29) is 24.8 Å². The smallest absolute Gasteiger partial charge is 0.289 e. The number of hydrogen-bond donors (Lipinski definition) is 1. The summed E-state index contributed by atoms with van der Waals surface area (Å²) in [6.07, 6.45) is 4.32. The van der Waals surface area contributed by atoms with E-state index in [1.165, 1.54) is 0 Å². The molecule has 7 heteroatoms. The molecule has 0 spiro atoms. The van der Waals surface area contributed by atoms with Gasteiger partial charge < -0.3 is 23.9 Å². The Morgan fingerprint density at radius 3 is 2.74 bits per heavy atom. The minimum Gasteiger partial charge on any atom is -0.490 e.